The number of ether oxygens (including phenoxy) is 2. The molecule has 1 aliphatic rings. The van der Waals surface area contributed by atoms with Crippen LogP contribution < -0.4 is 4.74 Å². The van der Waals surface area contributed by atoms with Crippen LogP contribution in [0.25, 0.3) is 0 Å². The van der Waals surface area contributed by atoms with Crippen molar-refractivity contribution in [1.29, 1.82) is 0 Å². The lowest BCUT2D eigenvalue weighted by molar-refractivity contribution is -0.148. The first-order valence-corrected chi connectivity index (χ1v) is 11.9. The maximum atomic E-state index is 14.0. The topological polar surface area (TPSA) is 89.0 Å². The minimum absolute atomic E-state index is 0.105. The lowest BCUT2D eigenvalue weighted by Gasteiger charge is -2.35. The largest absolute Gasteiger partial charge is 0.496 e. The summed E-state index contributed by atoms with van der Waals surface area (Å²) in [4.78, 5) is 32.4. The Labute approximate surface area is 203 Å². The number of carboxylic acid groups (broad SMARTS) is 1. The average molecular weight is 481 g/mol. The van der Waals surface area contributed by atoms with E-state index in [9.17, 15) is 14.7 Å². The van der Waals surface area contributed by atoms with Crippen LogP contribution in [0.1, 0.15) is 53.5 Å². The van der Waals surface area contributed by atoms with Crippen LogP contribution in [0.5, 0.6) is 5.75 Å². The van der Waals surface area contributed by atoms with Gasteiger partial charge in [0, 0.05) is 23.6 Å². The van der Waals surface area contributed by atoms with Crippen LogP contribution in [0.2, 0.25) is 0 Å². The molecule has 2 unspecified atom stereocenters. The number of hydrogen-bond donors (Lipinski definition) is 1. The number of aliphatic carboxylic acids is 1. The number of carboxylic acids is 1. The number of carbonyl (C=O) groups excluding carboxylic acids is 1. The molecule has 2 atom stereocenters. The van der Waals surface area contributed by atoms with Crippen molar-refractivity contribution >= 4 is 23.2 Å². The maximum absolute atomic E-state index is 14.0. The molecule has 1 aliphatic heterocycles. The van der Waals surface area contributed by atoms with E-state index in [1.807, 2.05) is 36.4 Å². The molecule has 1 N–H and O–H groups in total. The molecule has 2 aromatic carbocycles. The van der Waals surface area contributed by atoms with Gasteiger partial charge in [0.05, 0.1) is 13.7 Å². The summed E-state index contributed by atoms with van der Waals surface area (Å²) < 4.78 is 11.6. The second-order valence-corrected chi connectivity index (χ2v) is 10.3. The number of benzene rings is 2. The Balaban J connectivity index is 1.82. The van der Waals surface area contributed by atoms with E-state index in [1.165, 1.54) is 16.2 Å². The van der Waals surface area contributed by atoms with Crippen molar-refractivity contribution in [3.63, 3.8) is 0 Å². The molecule has 0 bridgehead atoms. The monoisotopic (exact) mass is 480 g/mol. The molecule has 0 saturated carbocycles. The van der Waals surface area contributed by atoms with E-state index in [4.69, 9.17) is 9.47 Å². The predicted molar refractivity (Wildman–Crippen MR) is 129 cm³/mol. The number of carbonyl (C=O) groups is 2. The molecule has 2 heterocycles. The lowest BCUT2D eigenvalue weighted by atomic mass is 9.85. The molecular formula is C26H28N2O5S. The molecule has 7 nitrogen and oxygen atoms in total. The molecule has 0 aliphatic carbocycles. The van der Waals surface area contributed by atoms with Crippen LogP contribution in [-0.4, -0.2) is 46.1 Å². The van der Waals surface area contributed by atoms with Crippen LogP contribution >= 0.6 is 11.3 Å². The van der Waals surface area contributed by atoms with Gasteiger partial charge >= 0.3 is 5.97 Å². The third-order valence-corrected chi connectivity index (χ3v) is 6.86. The third-order valence-electron chi connectivity index (χ3n) is 6.05. The van der Waals surface area contributed by atoms with E-state index < -0.39 is 23.6 Å². The Bertz CT molecular complexity index is 1170. The van der Waals surface area contributed by atoms with Gasteiger partial charge in [-0.05, 0) is 28.7 Å². The normalized spacial score (nSPS) is 20.4. The van der Waals surface area contributed by atoms with Gasteiger partial charge in [0.25, 0.3) is 5.91 Å². The van der Waals surface area contributed by atoms with Gasteiger partial charge in [-0.3, -0.25) is 9.69 Å². The van der Waals surface area contributed by atoms with E-state index in [0.717, 1.165) is 11.1 Å². The molecule has 4 rings (SSSR count). The van der Waals surface area contributed by atoms with Crippen molar-refractivity contribution < 1.29 is 24.2 Å². The molecule has 1 fully saturated rings. The highest BCUT2D eigenvalue weighted by Crippen LogP contribution is 2.42. The molecule has 8 heteroatoms. The zero-order valence-electron chi connectivity index (χ0n) is 19.6. The lowest BCUT2D eigenvalue weighted by Crippen LogP contribution is -2.57. The predicted octanol–water partition coefficient (Wildman–Crippen LogP) is 4.69. The highest BCUT2D eigenvalue weighted by atomic mass is 32.1. The summed E-state index contributed by atoms with van der Waals surface area (Å²) in [5, 5.41) is 12.8. The number of nitrogens with zero attached hydrogens (tertiary/aromatic N) is 2. The first-order chi connectivity index (χ1) is 16.2. The maximum Gasteiger partial charge on any atom is 0.332 e. The number of methoxy groups -OCH3 is 1. The van der Waals surface area contributed by atoms with E-state index in [1.54, 1.807) is 30.8 Å². The van der Waals surface area contributed by atoms with Crippen molar-refractivity contribution in [3.8, 4) is 5.75 Å². The van der Waals surface area contributed by atoms with Gasteiger partial charge in [-0.1, -0.05) is 57.2 Å². The second-order valence-electron chi connectivity index (χ2n) is 9.37. The minimum Gasteiger partial charge on any atom is -0.496 e. The van der Waals surface area contributed by atoms with Gasteiger partial charge < -0.3 is 14.6 Å². The van der Waals surface area contributed by atoms with Crippen molar-refractivity contribution in [1.82, 2.24) is 9.88 Å². The molecule has 0 spiro atoms. The minimum atomic E-state index is -1.59. The average Bonchev–Trinajstić information content (AvgIpc) is 3.47. The highest BCUT2D eigenvalue weighted by molar-refractivity contribution is 7.09. The fourth-order valence-corrected chi connectivity index (χ4v) is 4.99. The van der Waals surface area contributed by atoms with Gasteiger partial charge in [0.15, 0.2) is 11.8 Å². The molecule has 1 aromatic heterocycles. The van der Waals surface area contributed by atoms with E-state index in [0.29, 0.717) is 16.3 Å². The second kappa shape index (κ2) is 9.19. The zero-order valence-corrected chi connectivity index (χ0v) is 20.5. The molecule has 3 aromatic rings. The van der Waals surface area contributed by atoms with Crippen molar-refractivity contribution in [3.05, 3.63) is 81.8 Å². The SMILES string of the molecule is COc1cc(C(=O)N2C(c3nccs3)OCC2(Cc2ccccc2)C(=O)O)ccc1C(C)(C)C. The van der Waals surface area contributed by atoms with E-state index in [-0.39, 0.29) is 18.4 Å². The van der Waals surface area contributed by atoms with Crippen LogP contribution in [0, 0.1) is 0 Å². The van der Waals surface area contributed by atoms with Crippen molar-refractivity contribution in [2.24, 2.45) is 0 Å². The fourth-order valence-electron chi connectivity index (χ4n) is 4.32. The summed E-state index contributed by atoms with van der Waals surface area (Å²) in [5.74, 6) is -0.995. The van der Waals surface area contributed by atoms with E-state index >= 15 is 0 Å². The summed E-state index contributed by atoms with van der Waals surface area (Å²) in [7, 11) is 1.56. The molecular weight excluding hydrogens is 452 g/mol. The Morgan fingerprint density at radius 2 is 1.97 bits per heavy atom. The van der Waals surface area contributed by atoms with Crippen LogP contribution in [0.4, 0.5) is 0 Å². The summed E-state index contributed by atoms with van der Waals surface area (Å²) in [5.41, 5.74) is 0.299. The first-order valence-electron chi connectivity index (χ1n) is 11.0. The first kappa shape index (κ1) is 23.9. The Kier molecular flexibility index (Phi) is 6.47. The number of rotatable bonds is 6. The Morgan fingerprint density at radius 1 is 1.24 bits per heavy atom. The van der Waals surface area contributed by atoms with Gasteiger partial charge in [0.1, 0.15) is 10.8 Å². The summed E-state index contributed by atoms with van der Waals surface area (Å²) in [6.45, 7) is 6.04. The molecule has 0 radical (unpaired) electrons. The molecule has 1 amide bonds. The van der Waals surface area contributed by atoms with Crippen LogP contribution in [-0.2, 0) is 21.4 Å². The van der Waals surface area contributed by atoms with Crippen molar-refractivity contribution in [2.75, 3.05) is 13.7 Å². The molecule has 178 valence electrons. The Hall–Kier alpha value is -3.23. The van der Waals surface area contributed by atoms with Crippen molar-refractivity contribution in [2.45, 2.75) is 44.4 Å². The standard InChI is InChI=1S/C26H28N2O5S/c1-25(2,3)19-11-10-18(14-20(19)32-4)22(29)28-23(21-27-12-13-34-21)33-16-26(28,24(30)31)15-17-8-6-5-7-9-17/h5-14,23H,15-16H2,1-4H3,(H,30,31). The van der Waals surface area contributed by atoms with Gasteiger partial charge in [0.2, 0.25) is 0 Å². The Morgan fingerprint density at radius 3 is 2.56 bits per heavy atom. The van der Waals surface area contributed by atoms with Crippen LogP contribution in [0.3, 0.4) is 0 Å². The highest BCUT2D eigenvalue weighted by Gasteiger charge is 2.56. The number of amides is 1. The summed E-state index contributed by atoms with van der Waals surface area (Å²) >= 11 is 1.32. The number of aromatic nitrogens is 1. The molecule has 34 heavy (non-hydrogen) atoms. The van der Waals surface area contributed by atoms with Crippen LogP contribution in [0.15, 0.2) is 60.1 Å². The number of thiazole rings is 1. The number of hydrogen-bond acceptors (Lipinski definition) is 6. The fraction of sp³-hybridized carbons (Fsp3) is 0.346. The summed E-state index contributed by atoms with van der Waals surface area (Å²) in [6.07, 6.45) is 0.819. The van der Waals surface area contributed by atoms with E-state index in [2.05, 4.69) is 25.8 Å². The zero-order chi connectivity index (χ0) is 24.5. The smallest absolute Gasteiger partial charge is 0.332 e. The van der Waals surface area contributed by atoms with Gasteiger partial charge in [-0.2, -0.15) is 0 Å². The van der Waals surface area contributed by atoms with Gasteiger partial charge in [-0.25, -0.2) is 9.78 Å². The summed E-state index contributed by atoms with van der Waals surface area (Å²) in [6, 6.07) is 14.5. The molecule has 1 saturated heterocycles. The quantitative estimate of drug-likeness (QED) is 0.551. The van der Waals surface area contributed by atoms with Gasteiger partial charge in [-0.15, -0.1) is 11.3 Å². The third kappa shape index (κ3) is 4.31.